The van der Waals surface area contributed by atoms with Crippen molar-refractivity contribution in [2.24, 2.45) is 5.41 Å². The maximum absolute atomic E-state index is 12.8. The molecule has 2 aromatic rings. The number of hydrogen-bond donors (Lipinski definition) is 2. The largest absolute Gasteiger partial charge is 0.352 e. The van der Waals surface area contributed by atoms with Crippen molar-refractivity contribution >= 4 is 29.2 Å². The Hall–Kier alpha value is -2.53. The van der Waals surface area contributed by atoms with Gasteiger partial charge in [-0.05, 0) is 49.9 Å². The first-order chi connectivity index (χ1) is 13.8. The van der Waals surface area contributed by atoms with Gasteiger partial charge in [-0.25, -0.2) is 4.79 Å². The summed E-state index contributed by atoms with van der Waals surface area (Å²) >= 11 is 6.21. The minimum Gasteiger partial charge on any atom is -0.352 e. The second kappa shape index (κ2) is 8.87. The number of amides is 3. The molecule has 0 atom stereocenters. The molecule has 1 heterocycles. The summed E-state index contributed by atoms with van der Waals surface area (Å²) < 4.78 is 0. The van der Waals surface area contributed by atoms with Crippen molar-refractivity contribution in [2.75, 3.05) is 18.4 Å². The lowest BCUT2D eigenvalue weighted by molar-refractivity contribution is -0.132. The van der Waals surface area contributed by atoms with Crippen molar-refractivity contribution in [2.45, 2.75) is 40.2 Å². The molecule has 6 heteroatoms. The van der Waals surface area contributed by atoms with E-state index in [0.717, 1.165) is 11.1 Å². The van der Waals surface area contributed by atoms with E-state index in [0.29, 0.717) is 43.2 Å². The van der Waals surface area contributed by atoms with Crippen LogP contribution in [0.5, 0.6) is 0 Å². The van der Waals surface area contributed by atoms with Crippen LogP contribution in [0.15, 0.2) is 42.5 Å². The Kier molecular flexibility index (Phi) is 6.48. The number of rotatable bonds is 4. The van der Waals surface area contributed by atoms with Crippen molar-refractivity contribution in [3.8, 4) is 0 Å². The zero-order valence-corrected chi connectivity index (χ0v) is 18.0. The summed E-state index contributed by atoms with van der Waals surface area (Å²) in [6, 6.07) is 13.5. The average molecular weight is 414 g/mol. The first-order valence-electron chi connectivity index (χ1n) is 9.93. The number of aryl methyl sites for hydroxylation is 2. The highest BCUT2D eigenvalue weighted by Crippen LogP contribution is 2.32. The summed E-state index contributed by atoms with van der Waals surface area (Å²) in [5.74, 6) is 0.0414. The van der Waals surface area contributed by atoms with E-state index in [4.69, 9.17) is 11.6 Å². The predicted octanol–water partition coefficient (Wildman–Crippen LogP) is 4.91. The third kappa shape index (κ3) is 5.30. The quantitative estimate of drug-likeness (QED) is 0.748. The highest BCUT2D eigenvalue weighted by molar-refractivity contribution is 6.33. The monoisotopic (exact) mass is 413 g/mol. The van der Waals surface area contributed by atoms with E-state index in [1.165, 1.54) is 5.56 Å². The van der Waals surface area contributed by atoms with Crippen LogP contribution in [-0.4, -0.2) is 29.9 Å². The molecule has 1 aliphatic rings. The van der Waals surface area contributed by atoms with Crippen LogP contribution >= 0.6 is 11.6 Å². The van der Waals surface area contributed by atoms with Gasteiger partial charge in [-0.3, -0.25) is 4.79 Å². The third-order valence-corrected chi connectivity index (χ3v) is 5.95. The van der Waals surface area contributed by atoms with Crippen LogP contribution < -0.4 is 10.6 Å². The Morgan fingerprint density at radius 2 is 1.66 bits per heavy atom. The van der Waals surface area contributed by atoms with E-state index < -0.39 is 5.41 Å². The fraction of sp³-hybridized carbons (Fsp3) is 0.391. The zero-order valence-electron chi connectivity index (χ0n) is 17.2. The van der Waals surface area contributed by atoms with Gasteiger partial charge in [0.05, 0.1) is 10.7 Å². The van der Waals surface area contributed by atoms with Crippen molar-refractivity contribution in [1.82, 2.24) is 10.2 Å². The van der Waals surface area contributed by atoms with Gasteiger partial charge in [-0.15, -0.1) is 0 Å². The fourth-order valence-electron chi connectivity index (χ4n) is 3.45. The molecule has 0 spiro atoms. The van der Waals surface area contributed by atoms with Crippen LogP contribution in [-0.2, 0) is 11.3 Å². The number of likely N-dealkylation sites (tertiary alicyclic amines) is 1. The van der Waals surface area contributed by atoms with E-state index in [2.05, 4.69) is 10.6 Å². The van der Waals surface area contributed by atoms with Crippen LogP contribution in [0.4, 0.5) is 10.5 Å². The van der Waals surface area contributed by atoms with Crippen LogP contribution in [0.3, 0.4) is 0 Å². The van der Waals surface area contributed by atoms with Crippen molar-refractivity contribution in [3.63, 3.8) is 0 Å². The van der Waals surface area contributed by atoms with Gasteiger partial charge in [0.2, 0.25) is 5.91 Å². The number of urea groups is 1. The summed E-state index contributed by atoms with van der Waals surface area (Å²) in [5, 5.41) is 6.44. The maximum atomic E-state index is 12.8. The number of nitrogens with zero attached hydrogens (tertiary/aromatic N) is 1. The van der Waals surface area contributed by atoms with Crippen molar-refractivity contribution < 1.29 is 9.59 Å². The van der Waals surface area contributed by atoms with E-state index in [-0.39, 0.29) is 11.9 Å². The van der Waals surface area contributed by atoms with Crippen molar-refractivity contribution in [1.29, 1.82) is 0 Å². The van der Waals surface area contributed by atoms with Gasteiger partial charge in [0.25, 0.3) is 0 Å². The third-order valence-electron chi connectivity index (χ3n) is 5.64. The molecular formula is C23H28ClN3O2. The molecule has 3 amide bonds. The minimum atomic E-state index is -0.469. The predicted molar refractivity (Wildman–Crippen MR) is 117 cm³/mol. The van der Waals surface area contributed by atoms with Gasteiger partial charge < -0.3 is 15.5 Å². The lowest BCUT2D eigenvalue weighted by atomic mass is 9.79. The smallest absolute Gasteiger partial charge is 0.321 e. The molecule has 0 saturated carbocycles. The first kappa shape index (κ1) is 21.2. The summed E-state index contributed by atoms with van der Waals surface area (Å²) in [5.41, 5.74) is 3.46. The zero-order chi connectivity index (χ0) is 21.0. The molecule has 0 radical (unpaired) electrons. The lowest BCUT2D eigenvalue weighted by Crippen LogP contribution is -2.49. The minimum absolute atomic E-state index is 0.0414. The molecule has 29 heavy (non-hydrogen) atoms. The molecule has 1 saturated heterocycles. The van der Waals surface area contributed by atoms with E-state index in [1.807, 2.05) is 63.2 Å². The van der Waals surface area contributed by atoms with Gasteiger partial charge in [0.15, 0.2) is 0 Å². The molecule has 0 aliphatic carbocycles. The number of benzene rings is 2. The number of carbonyl (C=O) groups excluding carboxylic acids is 2. The number of hydrogen-bond acceptors (Lipinski definition) is 2. The van der Waals surface area contributed by atoms with Gasteiger partial charge in [0.1, 0.15) is 0 Å². The molecule has 1 aliphatic heterocycles. The molecule has 3 rings (SSSR count). The maximum Gasteiger partial charge on any atom is 0.321 e. The molecule has 1 fully saturated rings. The Balaban J connectivity index is 1.52. The summed E-state index contributed by atoms with van der Waals surface area (Å²) in [6.07, 6.45) is 1.25. The van der Waals surface area contributed by atoms with Gasteiger partial charge in [-0.2, -0.15) is 0 Å². The van der Waals surface area contributed by atoms with E-state index >= 15 is 0 Å². The van der Waals surface area contributed by atoms with Gasteiger partial charge in [-0.1, -0.05) is 54.4 Å². The average Bonchev–Trinajstić information content (AvgIpc) is 2.70. The number of piperidine rings is 1. The molecule has 0 unspecified atom stereocenters. The second-order valence-electron chi connectivity index (χ2n) is 8.13. The molecule has 154 valence electrons. The molecule has 0 bridgehead atoms. The van der Waals surface area contributed by atoms with Gasteiger partial charge >= 0.3 is 6.03 Å². The topological polar surface area (TPSA) is 61.4 Å². The van der Waals surface area contributed by atoms with Gasteiger partial charge in [0, 0.05) is 25.0 Å². The Labute approximate surface area is 177 Å². The molecular weight excluding hydrogens is 386 g/mol. The Bertz CT molecular complexity index is 887. The van der Waals surface area contributed by atoms with Crippen LogP contribution in [0, 0.1) is 19.3 Å². The fourth-order valence-corrected chi connectivity index (χ4v) is 3.73. The first-order valence-corrected chi connectivity index (χ1v) is 10.3. The van der Waals surface area contributed by atoms with Crippen LogP contribution in [0.2, 0.25) is 5.02 Å². The normalized spacial score (nSPS) is 15.7. The summed E-state index contributed by atoms with van der Waals surface area (Å²) in [6.45, 7) is 7.55. The number of halogens is 1. The molecule has 2 aromatic carbocycles. The van der Waals surface area contributed by atoms with Crippen LogP contribution in [0.1, 0.15) is 36.5 Å². The number of anilines is 1. The highest BCUT2D eigenvalue weighted by Gasteiger charge is 2.38. The standard InChI is InChI=1S/C23H28ClN3O2/c1-16-4-7-18(8-5-16)15-25-21(28)23(3)10-12-27(13-11-23)22(29)26-20-9-6-17(2)14-19(20)24/h4-9,14H,10-13,15H2,1-3H3,(H,25,28)(H,26,29). The number of nitrogens with one attached hydrogen (secondary N) is 2. The van der Waals surface area contributed by atoms with E-state index in [9.17, 15) is 9.59 Å². The molecule has 2 N–H and O–H groups in total. The molecule has 5 nitrogen and oxygen atoms in total. The van der Waals surface area contributed by atoms with Crippen LogP contribution in [0.25, 0.3) is 0 Å². The SMILES string of the molecule is Cc1ccc(CNC(=O)C2(C)CCN(C(=O)Nc3ccc(C)cc3Cl)CC2)cc1. The Morgan fingerprint density at radius 3 is 2.28 bits per heavy atom. The molecule has 0 aromatic heterocycles. The summed E-state index contributed by atoms with van der Waals surface area (Å²) in [7, 11) is 0. The Morgan fingerprint density at radius 1 is 1.03 bits per heavy atom. The highest BCUT2D eigenvalue weighted by atomic mass is 35.5. The lowest BCUT2D eigenvalue weighted by Gasteiger charge is -2.38. The van der Waals surface area contributed by atoms with Crippen molar-refractivity contribution in [3.05, 3.63) is 64.2 Å². The summed E-state index contributed by atoms with van der Waals surface area (Å²) in [4.78, 5) is 27.1. The number of carbonyl (C=O) groups is 2. The van der Waals surface area contributed by atoms with E-state index in [1.54, 1.807) is 4.90 Å². The second-order valence-corrected chi connectivity index (χ2v) is 8.54.